The summed E-state index contributed by atoms with van der Waals surface area (Å²) in [5.41, 5.74) is 1.87. The molecule has 11 nitrogen and oxygen atoms in total. The fourth-order valence-electron chi connectivity index (χ4n) is 5.33. The Balaban J connectivity index is 1.39. The zero-order valence-electron chi connectivity index (χ0n) is 26.3. The van der Waals surface area contributed by atoms with Crippen LogP contribution in [0.4, 0.5) is 5.69 Å². The SMILES string of the molecule is CCOC(=O)C1=C(C)N=c2s/c(=C\c3ccc(OCc4ccc(Cl)cc4Cl)c(OC)c3)c(=O)n2[C@@H]1c1ccc(-c2cccc([N+](=O)[O-])c2)o1. The molecule has 1 atom stereocenters. The highest BCUT2D eigenvalue weighted by atomic mass is 35.5. The molecular weight excluding hydrogens is 693 g/mol. The molecule has 0 unspecified atom stereocenters. The Hall–Kier alpha value is -5.17. The highest BCUT2D eigenvalue weighted by Crippen LogP contribution is 2.35. The molecule has 0 saturated carbocycles. The molecule has 6 rings (SSSR count). The van der Waals surface area contributed by atoms with Crippen molar-refractivity contribution in [1.82, 2.24) is 4.57 Å². The minimum absolute atomic E-state index is 0.103. The van der Waals surface area contributed by atoms with Gasteiger partial charge in [-0.05, 0) is 61.9 Å². The van der Waals surface area contributed by atoms with E-state index in [9.17, 15) is 19.7 Å². The Kier molecular flexibility index (Phi) is 9.72. The Morgan fingerprint density at radius 3 is 2.65 bits per heavy atom. The summed E-state index contributed by atoms with van der Waals surface area (Å²) in [6.07, 6.45) is 1.70. The number of carbonyl (C=O) groups excluding carboxylic acids is 1. The largest absolute Gasteiger partial charge is 0.493 e. The second-order valence-electron chi connectivity index (χ2n) is 10.7. The molecule has 3 aromatic carbocycles. The predicted octanol–water partition coefficient (Wildman–Crippen LogP) is 6.86. The normalized spacial score (nSPS) is 14.3. The van der Waals surface area contributed by atoms with Crippen molar-refractivity contribution in [2.75, 3.05) is 13.7 Å². The second kappa shape index (κ2) is 14.1. The first-order valence-corrected chi connectivity index (χ1v) is 16.4. The van der Waals surface area contributed by atoms with Crippen molar-refractivity contribution in [2.24, 2.45) is 4.99 Å². The number of benzene rings is 3. The van der Waals surface area contributed by atoms with Crippen LogP contribution in [-0.4, -0.2) is 29.2 Å². The predicted molar refractivity (Wildman–Crippen MR) is 185 cm³/mol. The van der Waals surface area contributed by atoms with Crippen molar-refractivity contribution in [3.63, 3.8) is 0 Å². The summed E-state index contributed by atoms with van der Waals surface area (Å²) < 4.78 is 24.8. The Morgan fingerprint density at radius 1 is 1.10 bits per heavy atom. The number of nitrogens with zero attached hydrogens (tertiary/aromatic N) is 3. The number of non-ortho nitro benzene ring substituents is 1. The smallest absolute Gasteiger partial charge is 0.338 e. The Morgan fingerprint density at radius 2 is 1.92 bits per heavy atom. The van der Waals surface area contributed by atoms with Gasteiger partial charge in [-0.25, -0.2) is 9.79 Å². The summed E-state index contributed by atoms with van der Waals surface area (Å²) in [7, 11) is 1.51. The van der Waals surface area contributed by atoms with Crippen LogP contribution in [0, 0.1) is 10.1 Å². The molecule has 2 aromatic heterocycles. The van der Waals surface area contributed by atoms with E-state index in [1.54, 1.807) is 80.6 Å². The first-order valence-electron chi connectivity index (χ1n) is 14.9. The van der Waals surface area contributed by atoms with E-state index in [1.807, 2.05) is 0 Å². The first kappa shape index (κ1) is 33.7. The van der Waals surface area contributed by atoms with Gasteiger partial charge in [0.05, 0.1) is 34.4 Å². The van der Waals surface area contributed by atoms with Gasteiger partial charge in [0.2, 0.25) is 0 Å². The number of ether oxygens (including phenoxy) is 3. The van der Waals surface area contributed by atoms with E-state index in [2.05, 4.69) is 4.99 Å². The van der Waals surface area contributed by atoms with Crippen molar-refractivity contribution in [1.29, 1.82) is 0 Å². The maximum absolute atomic E-state index is 14.1. The van der Waals surface area contributed by atoms with Crippen LogP contribution >= 0.6 is 34.5 Å². The van der Waals surface area contributed by atoms with Gasteiger partial charge in [0.25, 0.3) is 11.2 Å². The summed E-state index contributed by atoms with van der Waals surface area (Å²) in [5.74, 6) is 0.854. The van der Waals surface area contributed by atoms with Gasteiger partial charge in [-0.3, -0.25) is 19.5 Å². The van der Waals surface area contributed by atoms with E-state index in [-0.39, 0.29) is 30.2 Å². The van der Waals surface area contributed by atoms with Crippen LogP contribution in [0.25, 0.3) is 17.4 Å². The van der Waals surface area contributed by atoms with Crippen LogP contribution in [0.15, 0.2) is 98.3 Å². The molecule has 5 aromatic rings. The van der Waals surface area contributed by atoms with Crippen molar-refractivity contribution in [3.05, 3.63) is 141 Å². The molecule has 0 bridgehead atoms. The molecule has 14 heteroatoms. The fourth-order valence-corrected chi connectivity index (χ4v) is 6.84. The summed E-state index contributed by atoms with van der Waals surface area (Å²) in [5, 5.41) is 12.4. The highest BCUT2D eigenvalue weighted by Gasteiger charge is 2.35. The Labute approximate surface area is 293 Å². The number of esters is 1. The molecular formula is C35H27Cl2N3O8S. The lowest BCUT2D eigenvalue weighted by Crippen LogP contribution is -2.39. The number of nitro groups is 1. The van der Waals surface area contributed by atoms with Gasteiger partial charge in [0, 0.05) is 33.3 Å². The van der Waals surface area contributed by atoms with Crippen LogP contribution in [-0.2, 0) is 16.1 Å². The van der Waals surface area contributed by atoms with Crippen LogP contribution in [0.5, 0.6) is 11.5 Å². The maximum Gasteiger partial charge on any atom is 0.338 e. The summed E-state index contributed by atoms with van der Waals surface area (Å²) in [6, 6.07) is 18.7. The number of hydrogen-bond donors (Lipinski definition) is 0. The zero-order valence-corrected chi connectivity index (χ0v) is 28.6. The average molecular weight is 721 g/mol. The molecule has 49 heavy (non-hydrogen) atoms. The molecule has 0 N–H and O–H groups in total. The summed E-state index contributed by atoms with van der Waals surface area (Å²) in [6.45, 7) is 3.64. The quantitative estimate of drug-likeness (QED) is 0.0868. The number of carbonyl (C=O) groups is 1. The summed E-state index contributed by atoms with van der Waals surface area (Å²) in [4.78, 5) is 43.2. The third-order valence-corrected chi connectivity index (χ3v) is 9.21. The standard InChI is InChI=1S/C35H27Cl2N3O8S/c1-4-46-34(42)31-19(2)38-35-39(32(31)28-13-12-26(48-28)21-6-5-7-24(16-21)40(43)44)33(41)30(49-35)15-20-8-11-27(29(14-20)45-3)47-18-22-9-10-23(36)17-25(22)37/h5-17,32H,4,18H2,1-3H3/b30-15-/t32-/m1/s1. The van der Waals surface area contributed by atoms with Crippen molar-refractivity contribution >= 4 is 52.3 Å². The third-order valence-electron chi connectivity index (χ3n) is 7.64. The number of allylic oxidation sites excluding steroid dienone is 1. The lowest BCUT2D eigenvalue weighted by Gasteiger charge is -2.22. The number of thiazole rings is 1. The van der Waals surface area contributed by atoms with E-state index < -0.39 is 22.5 Å². The molecule has 3 heterocycles. The maximum atomic E-state index is 14.1. The van der Waals surface area contributed by atoms with Gasteiger partial charge < -0.3 is 18.6 Å². The van der Waals surface area contributed by atoms with Crippen LogP contribution in [0.3, 0.4) is 0 Å². The minimum Gasteiger partial charge on any atom is -0.493 e. The lowest BCUT2D eigenvalue weighted by molar-refractivity contribution is -0.384. The minimum atomic E-state index is -1.00. The third kappa shape index (κ3) is 6.89. The van der Waals surface area contributed by atoms with E-state index in [4.69, 9.17) is 41.8 Å². The van der Waals surface area contributed by atoms with Gasteiger partial charge in [0.15, 0.2) is 16.3 Å². The topological polar surface area (TPSA) is 135 Å². The van der Waals surface area contributed by atoms with Gasteiger partial charge in [0.1, 0.15) is 24.2 Å². The molecule has 1 aliphatic rings. The van der Waals surface area contributed by atoms with Crippen molar-refractivity contribution in [2.45, 2.75) is 26.5 Å². The lowest BCUT2D eigenvalue weighted by atomic mass is 10.0. The molecule has 0 fully saturated rings. The fraction of sp³-hybridized carbons (Fsp3) is 0.171. The number of aromatic nitrogens is 1. The van der Waals surface area contributed by atoms with Crippen molar-refractivity contribution < 1.29 is 28.3 Å². The number of fused-ring (bicyclic) bond motifs is 1. The number of halogens is 2. The van der Waals surface area contributed by atoms with E-state index in [0.717, 1.165) is 16.9 Å². The first-order chi connectivity index (χ1) is 23.6. The number of rotatable bonds is 10. The molecule has 250 valence electrons. The zero-order chi connectivity index (χ0) is 34.8. The number of nitro benzene ring substituents is 1. The van der Waals surface area contributed by atoms with E-state index in [1.165, 1.54) is 23.8 Å². The number of methoxy groups -OCH3 is 1. The second-order valence-corrected chi connectivity index (χ2v) is 12.6. The van der Waals surface area contributed by atoms with E-state index >= 15 is 0 Å². The molecule has 0 spiro atoms. The van der Waals surface area contributed by atoms with Crippen molar-refractivity contribution in [3.8, 4) is 22.8 Å². The number of furan rings is 1. The van der Waals surface area contributed by atoms with Gasteiger partial charge in [-0.2, -0.15) is 0 Å². The molecule has 0 aliphatic carbocycles. The molecule has 1 aliphatic heterocycles. The molecule has 0 amide bonds. The van der Waals surface area contributed by atoms with Gasteiger partial charge in [-0.1, -0.05) is 58.8 Å². The average Bonchev–Trinajstić information content (AvgIpc) is 3.69. The van der Waals surface area contributed by atoms with Crippen LogP contribution < -0.4 is 24.4 Å². The molecule has 0 radical (unpaired) electrons. The molecule has 0 saturated heterocycles. The van der Waals surface area contributed by atoms with Gasteiger partial charge >= 0.3 is 5.97 Å². The monoisotopic (exact) mass is 719 g/mol. The van der Waals surface area contributed by atoms with E-state index in [0.29, 0.717) is 53.5 Å². The summed E-state index contributed by atoms with van der Waals surface area (Å²) >= 11 is 13.4. The van der Waals surface area contributed by atoms with Crippen LogP contribution in [0.1, 0.15) is 36.8 Å². The Bertz CT molecular complexity index is 2330. The van der Waals surface area contributed by atoms with Gasteiger partial charge in [-0.15, -0.1) is 0 Å². The number of hydrogen-bond acceptors (Lipinski definition) is 10. The van der Waals surface area contributed by atoms with Crippen LogP contribution in [0.2, 0.25) is 10.0 Å². The highest BCUT2D eigenvalue weighted by molar-refractivity contribution is 7.07.